The summed E-state index contributed by atoms with van der Waals surface area (Å²) in [5.74, 6) is -0.834. The lowest BCUT2D eigenvalue weighted by Crippen LogP contribution is -2.07. The Morgan fingerprint density at radius 3 is 1.94 bits per heavy atom. The highest BCUT2D eigenvalue weighted by Gasteiger charge is 2.10. The molecule has 3 rings (SSSR count). The molecule has 0 atom stereocenters. The Balaban J connectivity index is 0.00000432. The van der Waals surface area contributed by atoms with E-state index in [2.05, 4.69) is 13.2 Å². The zero-order valence-corrected chi connectivity index (χ0v) is 19.4. The fourth-order valence-corrected chi connectivity index (χ4v) is 3.25. The zero-order chi connectivity index (χ0) is 24.7. The fraction of sp³-hybridized carbons (Fsp3) is 0.200. The summed E-state index contributed by atoms with van der Waals surface area (Å²) >= 11 is 0. The SMILES string of the molecule is C.C=C(C)C(=O)OCCCc1ccc(-c2ccc(-c3ccc(OC(=O)C(=C)C)cc3)c(F)c2)cc1. The number of rotatable bonds is 9. The van der Waals surface area contributed by atoms with Gasteiger partial charge >= 0.3 is 11.9 Å². The van der Waals surface area contributed by atoms with Crippen molar-refractivity contribution in [1.29, 1.82) is 0 Å². The molecule has 0 amide bonds. The van der Waals surface area contributed by atoms with E-state index in [-0.39, 0.29) is 19.2 Å². The van der Waals surface area contributed by atoms with E-state index in [0.717, 1.165) is 23.1 Å². The molecule has 182 valence electrons. The molecule has 0 fully saturated rings. The minimum Gasteiger partial charge on any atom is -0.462 e. The van der Waals surface area contributed by atoms with Crippen LogP contribution in [0.1, 0.15) is 33.3 Å². The molecule has 35 heavy (non-hydrogen) atoms. The lowest BCUT2D eigenvalue weighted by molar-refractivity contribution is -0.139. The first-order chi connectivity index (χ1) is 16.2. The van der Waals surface area contributed by atoms with E-state index in [1.54, 1.807) is 44.2 Å². The maximum atomic E-state index is 14.9. The standard InChI is InChI=1S/C29H27FO4.CH4/c1-19(2)28(31)33-17-5-6-21-7-9-22(10-8-21)24-13-16-26(27(30)18-24)23-11-14-25(15-12-23)34-29(32)20(3)4;/h7-16,18H,1,3,5-6,17H2,2,4H3;1H4. The fourth-order valence-electron chi connectivity index (χ4n) is 3.25. The van der Waals surface area contributed by atoms with Crippen molar-refractivity contribution < 1.29 is 23.5 Å². The third kappa shape index (κ3) is 7.51. The molecule has 0 saturated carbocycles. The number of aryl methyl sites for hydroxylation is 1. The Kier molecular flexibility index (Phi) is 9.71. The highest BCUT2D eigenvalue weighted by Crippen LogP contribution is 2.29. The van der Waals surface area contributed by atoms with Gasteiger partial charge in [0.05, 0.1) is 6.61 Å². The van der Waals surface area contributed by atoms with Crippen LogP contribution >= 0.6 is 0 Å². The van der Waals surface area contributed by atoms with E-state index in [0.29, 0.717) is 41.1 Å². The van der Waals surface area contributed by atoms with Crippen LogP contribution in [0, 0.1) is 5.82 Å². The van der Waals surface area contributed by atoms with E-state index in [1.165, 1.54) is 6.07 Å². The van der Waals surface area contributed by atoms with Crippen LogP contribution in [-0.2, 0) is 20.7 Å². The van der Waals surface area contributed by atoms with Gasteiger partial charge in [0, 0.05) is 16.7 Å². The molecular formula is C30H31FO4. The lowest BCUT2D eigenvalue weighted by Gasteiger charge is -2.09. The Hall–Kier alpha value is -3.99. The van der Waals surface area contributed by atoms with E-state index < -0.39 is 5.97 Å². The first kappa shape index (κ1) is 27.3. The van der Waals surface area contributed by atoms with Gasteiger partial charge in [0.1, 0.15) is 11.6 Å². The van der Waals surface area contributed by atoms with Gasteiger partial charge in [-0.05, 0) is 67.1 Å². The predicted octanol–water partition coefficient (Wildman–Crippen LogP) is 7.33. The average Bonchev–Trinajstić information content (AvgIpc) is 2.82. The number of halogens is 1. The summed E-state index contributed by atoms with van der Waals surface area (Å²) in [6.07, 6.45) is 1.49. The van der Waals surface area contributed by atoms with Crippen LogP contribution in [0.2, 0.25) is 0 Å². The van der Waals surface area contributed by atoms with Gasteiger partial charge in [-0.25, -0.2) is 14.0 Å². The molecule has 0 aromatic heterocycles. The van der Waals surface area contributed by atoms with Crippen molar-refractivity contribution in [2.24, 2.45) is 0 Å². The third-order valence-electron chi connectivity index (χ3n) is 5.17. The monoisotopic (exact) mass is 474 g/mol. The Bertz CT molecular complexity index is 1210. The molecule has 0 unspecified atom stereocenters. The summed E-state index contributed by atoms with van der Waals surface area (Å²) in [6.45, 7) is 10.6. The lowest BCUT2D eigenvalue weighted by atomic mass is 9.98. The first-order valence-corrected chi connectivity index (χ1v) is 10.9. The van der Waals surface area contributed by atoms with Gasteiger partial charge in [0.2, 0.25) is 0 Å². The second-order valence-corrected chi connectivity index (χ2v) is 8.11. The summed E-state index contributed by atoms with van der Waals surface area (Å²) in [5.41, 5.74) is 4.63. The van der Waals surface area contributed by atoms with Crippen molar-refractivity contribution in [2.75, 3.05) is 6.61 Å². The first-order valence-electron chi connectivity index (χ1n) is 10.9. The molecule has 0 radical (unpaired) electrons. The van der Waals surface area contributed by atoms with Crippen LogP contribution in [0.3, 0.4) is 0 Å². The van der Waals surface area contributed by atoms with Crippen LogP contribution in [0.5, 0.6) is 5.75 Å². The van der Waals surface area contributed by atoms with Crippen LogP contribution < -0.4 is 4.74 Å². The Labute approximate surface area is 206 Å². The molecule has 0 aliphatic rings. The molecule has 0 N–H and O–H groups in total. The van der Waals surface area contributed by atoms with Crippen molar-refractivity contribution in [3.05, 3.63) is 102 Å². The number of carbonyl (C=O) groups excluding carboxylic acids is 2. The van der Waals surface area contributed by atoms with E-state index in [9.17, 15) is 14.0 Å². The quantitative estimate of drug-likeness (QED) is 0.141. The second kappa shape index (κ2) is 12.5. The molecule has 0 spiro atoms. The Morgan fingerprint density at radius 1 is 0.800 bits per heavy atom. The molecular weight excluding hydrogens is 443 g/mol. The van der Waals surface area contributed by atoms with Crippen molar-refractivity contribution in [1.82, 2.24) is 0 Å². The predicted molar refractivity (Wildman–Crippen MR) is 139 cm³/mol. The number of esters is 2. The number of hydrogen-bond donors (Lipinski definition) is 0. The van der Waals surface area contributed by atoms with E-state index >= 15 is 0 Å². The molecule has 5 heteroatoms. The van der Waals surface area contributed by atoms with Crippen molar-refractivity contribution >= 4 is 11.9 Å². The third-order valence-corrected chi connectivity index (χ3v) is 5.17. The van der Waals surface area contributed by atoms with Gasteiger partial charge in [-0.3, -0.25) is 0 Å². The topological polar surface area (TPSA) is 52.6 Å². The maximum Gasteiger partial charge on any atom is 0.338 e. The van der Waals surface area contributed by atoms with Crippen LogP contribution in [-0.4, -0.2) is 18.5 Å². The smallest absolute Gasteiger partial charge is 0.338 e. The zero-order valence-electron chi connectivity index (χ0n) is 19.4. The van der Waals surface area contributed by atoms with Crippen molar-refractivity contribution in [3.63, 3.8) is 0 Å². The summed E-state index contributed by atoms with van der Waals surface area (Å²) in [4.78, 5) is 23.0. The van der Waals surface area contributed by atoms with Crippen molar-refractivity contribution in [2.45, 2.75) is 34.1 Å². The number of hydrogen-bond acceptors (Lipinski definition) is 4. The summed E-state index contributed by atoms with van der Waals surface area (Å²) < 4.78 is 25.2. The summed E-state index contributed by atoms with van der Waals surface area (Å²) in [7, 11) is 0. The van der Waals surface area contributed by atoms with Gasteiger partial charge in [-0.2, -0.15) is 0 Å². The second-order valence-electron chi connectivity index (χ2n) is 8.11. The van der Waals surface area contributed by atoms with Crippen LogP contribution in [0.4, 0.5) is 4.39 Å². The molecule has 0 aliphatic carbocycles. The summed E-state index contributed by atoms with van der Waals surface area (Å²) in [6, 6.07) is 19.7. The van der Waals surface area contributed by atoms with Gasteiger partial charge < -0.3 is 9.47 Å². The number of benzene rings is 3. The molecule has 3 aromatic carbocycles. The van der Waals surface area contributed by atoms with Crippen molar-refractivity contribution in [3.8, 4) is 28.0 Å². The normalized spacial score (nSPS) is 10.1. The van der Waals surface area contributed by atoms with Crippen LogP contribution in [0.15, 0.2) is 91.0 Å². The molecule has 0 bridgehead atoms. The van der Waals surface area contributed by atoms with Gasteiger partial charge in [-0.1, -0.05) is 69.1 Å². The van der Waals surface area contributed by atoms with E-state index in [1.807, 2.05) is 30.3 Å². The average molecular weight is 475 g/mol. The van der Waals surface area contributed by atoms with Gasteiger partial charge in [0.25, 0.3) is 0 Å². The summed E-state index contributed by atoms with van der Waals surface area (Å²) in [5, 5.41) is 0. The molecule has 0 saturated heterocycles. The molecule has 4 nitrogen and oxygen atoms in total. The van der Waals surface area contributed by atoms with Crippen LogP contribution in [0.25, 0.3) is 22.3 Å². The maximum absolute atomic E-state index is 14.9. The highest BCUT2D eigenvalue weighted by atomic mass is 19.1. The van der Waals surface area contributed by atoms with Gasteiger partial charge in [-0.15, -0.1) is 0 Å². The number of carbonyl (C=O) groups is 2. The highest BCUT2D eigenvalue weighted by molar-refractivity contribution is 5.89. The van der Waals surface area contributed by atoms with E-state index in [4.69, 9.17) is 9.47 Å². The minimum absolute atomic E-state index is 0. The molecule has 3 aromatic rings. The Morgan fingerprint density at radius 2 is 1.37 bits per heavy atom. The van der Waals surface area contributed by atoms with Gasteiger partial charge in [0.15, 0.2) is 0 Å². The molecule has 0 aliphatic heterocycles. The number of ether oxygens (including phenoxy) is 2. The molecule has 0 heterocycles. The largest absolute Gasteiger partial charge is 0.462 e. The minimum atomic E-state index is -0.500.